The number of unbranched alkanes of at least 4 members (excludes halogenated alkanes) is 5. The van der Waals surface area contributed by atoms with Crippen LogP contribution < -0.4 is 14.2 Å². The first kappa shape index (κ1) is 38.8. The Kier molecular flexibility index (Phi) is 11.1. The third kappa shape index (κ3) is 7.53. The van der Waals surface area contributed by atoms with Gasteiger partial charge in [0.15, 0.2) is 17.3 Å². The molecule has 2 aromatic carbocycles. The number of rotatable bonds is 16. The molecule has 2 heterocycles. The Morgan fingerprint density at radius 3 is 1.74 bits per heavy atom. The van der Waals surface area contributed by atoms with Crippen LogP contribution in [0.15, 0.2) is 54.9 Å². The smallest absolute Gasteiger partial charge is 0.460 e. The number of halogens is 13. The SMILES string of the molecule is CCCCCCCCOc1ccc(-c2cnc(-c3ccc4c(c3)OC(CC(F)(F)C(F)(F)C(F)(F)C(F)(F)C(F)(F)C(F)(F)F)O4)nc2)cc1. The summed E-state index contributed by atoms with van der Waals surface area (Å²) in [5.74, 6) is -37.6. The molecule has 0 saturated heterocycles. The van der Waals surface area contributed by atoms with Crippen LogP contribution in [0.25, 0.3) is 22.5 Å². The van der Waals surface area contributed by atoms with Gasteiger partial charge in [-0.25, -0.2) is 9.97 Å². The van der Waals surface area contributed by atoms with Gasteiger partial charge in [0.05, 0.1) is 13.0 Å². The fourth-order valence-electron chi connectivity index (χ4n) is 4.81. The van der Waals surface area contributed by atoms with E-state index < -0.39 is 60.0 Å². The minimum absolute atomic E-state index is 0.0480. The van der Waals surface area contributed by atoms with E-state index in [-0.39, 0.29) is 11.4 Å². The average Bonchev–Trinajstić information content (AvgIpc) is 3.44. The molecule has 18 heteroatoms. The molecule has 1 aromatic heterocycles. The van der Waals surface area contributed by atoms with Crippen LogP contribution in [0.5, 0.6) is 17.2 Å². The predicted molar refractivity (Wildman–Crippen MR) is 152 cm³/mol. The first-order valence-corrected chi connectivity index (χ1v) is 15.1. The number of hydrogen-bond acceptors (Lipinski definition) is 5. The quantitative estimate of drug-likeness (QED) is 0.108. The van der Waals surface area contributed by atoms with E-state index in [1.165, 1.54) is 37.7 Å². The summed E-state index contributed by atoms with van der Waals surface area (Å²) in [5, 5.41) is 0. The van der Waals surface area contributed by atoms with E-state index in [2.05, 4.69) is 16.9 Å². The van der Waals surface area contributed by atoms with Crippen LogP contribution in [0, 0.1) is 0 Å². The maximum Gasteiger partial charge on any atom is 0.460 e. The van der Waals surface area contributed by atoms with Gasteiger partial charge in [-0.15, -0.1) is 0 Å². The Morgan fingerprint density at radius 1 is 0.600 bits per heavy atom. The van der Waals surface area contributed by atoms with Crippen molar-refractivity contribution in [2.24, 2.45) is 0 Å². The standard InChI is InChI=1S/C32H29F13N2O3/c1-2-3-4-5-6-7-14-48-22-11-8-19(9-12-22)21-17-46-26(47-18-21)20-10-13-23-24(15-20)50-25(49-23)16-27(33,34)28(35,36)29(37,38)30(39,40)31(41,42)32(43,44)45/h8-13,15,17-18,25H,2-7,14,16H2,1H3. The van der Waals surface area contributed by atoms with Crippen LogP contribution in [-0.2, 0) is 0 Å². The third-order valence-electron chi connectivity index (χ3n) is 7.75. The second-order valence-electron chi connectivity index (χ2n) is 11.5. The molecule has 0 amide bonds. The predicted octanol–water partition coefficient (Wildman–Crippen LogP) is 10.8. The number of fused-ring (bicyclic) bond motifs is 1. The molecule has 1 aliphatic heterocycles. The van der Waals surface area contributed by atoms with Crippen LogP contribution in [-0.4, -0.2) is 58.7 Å². The molecule has 3 aromatic rings. The van der Waals surface area contributed by atoms with Crippen molar-refractivity contribution >= 4 is 0 Å². The number of alkyl halides is 13. The first-order valence-electron chi connectivity index (χ1n) is 15.1. The molecule has 0 saturated carbocycles. The van der Waals surface area contributed by atoms with Crippen LogP contribution in [0.4, 0.5) is 57.1 Å². The lowest BCUT2D eigenvalue weighted by molar-refractivity contribution is -0.441. The summed E-state index contributed by atoms with van der Waals surface area (Å²) in [7, 11) is 0. The molecule has 0 radical (unpaired) electrons. The van der Waals surface area contributed by atoms with Crippen molar-refractivity contribution in [3.63, 3.8) is 0 Å². The molecule has 0 N–H and O–H groups in total. The highest BCUT2D eigenvalue weighted by atomic mass is 19.4. The Labute approximate surface area is 276 Å². The minimum Gasteiger partial charge on any atom is -0.494 e. The van der Waals surface area contributed by atoms with Gasteiger partial charge < -0.3 is 14.2 Å². The summed E-state index contributed by atoms with van der Waals surface area (Å²) in [6.45, 7) is 2.73. The second kappa shape index (κ2) is 14.3. The summed E-state index contributed by atoms with van der Waals surface area (Å²) < 4.78 is 190. The van der Waals surface area contributed by atoms with Crippen LogP contribution in [0.3, 0.4) is 0 Å². The fraction of sp³-hybridized carbons (Fsp3) is 0.500. The lowest BCUT2D eigenvalue weighted by Gasteiger charge is -2.39. The van der Waals surface area contributed by atoms with Gasteiger partial charge in [-0.3, -0.25) is 0 Å². The van der Waals surface area contributed by atoms with E-state index >= 15 is 0 Å². The summed E-state index contributed by atoms with van der Waals surface area (Å²) >= 11 is 0. The highest BCUT2D eigenvalue weighted by molar-refractivity contribution is 5.66. The van der Waals surface area contributed by atoms with Crippen LogP contribution >= 0.6 is 0 Å². The van der Waals surface area contributed by atoms with Crippen LogP contribution in [0.2, 0.25) is 0 Å². The zero-order valence-electron chi connectivity index (χ0n) is 26.0. The molecule has 0 fully saturated rings. The summed E-state index contributed by atoms with van der Waals surface area (Å²) in [4.78, 5) is 8.42. The van der Waals surface area contributed by atoms with Gasteiger partial charge in [0.1, 0.15) is 5.75 Å². The summed E-state index contributed by atoms with van der Waals surface area (Å²) in [6.07, 6.45) is -3.08. The van der Waals surface area contributed by atoms with E-state index in [9.17, 15) is 57.1 Å². The van der Waals surface area contributed by atoms with E-state index in [4.69, 9.17) is 14.2 Å². The molecular weight excluding hydrogens is 707 g/mol. The van der Waals surface area contributed by atoms with Gasteiger partial charge in [-0.2, -0.15) is 57.1 Å². The van der Waals surface area contributed by atoms with E-state index in [0.717, 1.165) is 37.0 Å². The zero-order valence-corrected chi connectivity index (χ0v) is 26.0. The zero-order chi connectivity index (χ0) is 37.2. The van der Waals surface area contributed by atoms with E-state index in [1.54, 1.807) is 24.3 Å². The molecule has 0 aliphatic carbocycles. The molecule has 4 rings (SSSR count). The van der Waals surface area contributed by atoms with Gasteiger partial charge in [0.2, 0.25) is 6.29 Å². The normalized spacial score (nSPS) is 15.8. The molecule has 5 nitrogen and oxygen atoms in total. The van der Waals surface area contributed by atoms with Crippen molar-refractivity contribution in [1.82, 2.24) is 9.97 Å². The van der Waals surface area contributed by atoms with E-state index in [1.807, 2.05) is 0 Å². The monoisotopic (exact) mass is 736 g/mol. The van der Waals surface area contributed by atoms with Crippen LogP contribution in [0.1, 0.15) is 51.9 Å². The van der Waals surface area contributed by atoms with Gasteiger partial charge in [-0.05, 0) is 42.3 Å². The number of benzene rings is 2. The number of aromatic nitrogens is 2. The number of nitrogens with zero attached hydrogens (tertiary/aromatic N) is 2. The van der Waals surface area contributed by atoms with Crippen molar-refractivity contribution < 1.29 is 71.3 Å². The van der Waals surface area contributed by atoms with Gasteiger partial charge in [0.25, 0.3) is 0 Å². The Balaban J connectivity index is 1.39. The molecular formula is C32H29F13N2O3. The Bertz CT molecular complexity index is 1580. The minimum atomic E-state index is -7.99. The average molecular weight is 737 g/mol. The number of hydrogen-bond donors (Lipinski definition) is 0. The number of ether oxygens (including phenoxy) is 3. The highest BCUT2D eigenvalue weighted by Gasteiger charge is 2.90. The summed E-state index contributed by atoms with van der Waals surface area (Å²) in [5.41, 5.74) is 1.49. The van der Waals surface area contributed by atoms with Crippen molar-refractivity contribution in [2.45, 2.75) is 93.9 Å². The van der Waals surface area contributed by atoms with Crippen molar-refractivity contribution in [1.29, 1.82) is 0 Å². The molecule has 50 heavy (non-hydrogen) atoms. The first-order chi connectivity index (χ1) is 23.2. The Morgan fingerprint density at radius 2 is 1.14 bits per heavy atom. The largest absolute Gasteiger partial charge is 0.494 e. The van der Waals surface area contributed by atoms with Gasteiger partial charge in [-0.1, -0.05) is 51.2 Å². The highest BCUT2D eigenvalue weighted by Crippen LogP contribution is 2.61. The van der Waals surface area contributed by atoms with Crippen molar-refractivity contribution in [3.05, 3.63) is 54.9 Å². The van der Waals surface area contributed by atoms with Gasteiger partial charge >= 0.3 is 35.8 Å². The molecule has 0 bridgehead atoms. The second-order valence-corrected chi connectivity index (χ2v) is 11.5. The maximum atomic E-state index is 14.4. The third-order valence-corrected chi connectivity index (χ3v) is 7.75. The molecule has 1 atom stereocenters. The molecule has 0 spiro atoms. The lowest BCUT2D eigenvalue weighted by atomic mass is 9.92. The molecule has 276 valence electrons. The van der Waals surface area contributed by atoms with Crippen molar-refractivity contribution in [2.75, 3.05) is 6.61 Å². The van der Waals surface area contributed by atoms with Gasteiger partial charge in [0, 0.05) is 23.5 Å². The Hall–Kier alpha value is -3.99. The van der Waals surface area contributed by atoms with Crippen molar-refractivity contribution in [3.8, 4) is 39.8 Å². The van der Waals surface area contributed by atoms with E-state index in [0.29, 0.717) is 17.9 Å². The maximum absolute atomic E-state index is 14.4. The fourth-order valence-corrected chi connectivity index (χ4v) is 4.81. The summed E-state index contributed by atoms with van der Waals surface area (Å²) in [6, 6.07) is 10.5. The lowest BCUT2D eigenvalue weighted by Crippen LogP contribution is -2.70. The molecule has 1 aliphatic rings. The molecule has 1 unspecified atom stereocenters. The topological polar surface area (TPSA) is 53.5 Å².